The van der Waals surface area contributed by atoms with Gasteiger partial charge in [-0.3, -0.25) is 4.68 Å². The van der Waals surface area contributed by atoms with Crippen LogP contribution in [-0.2, 0) is 9.53 Å². The van der Waals surface area contributed by atoms with Crippen molar-refractivity contribution in [2.45, 2.75) is 83.3 Å². The summed E-state index contributed by atoms with van der Waals surface area (Å²) in [6.45, 7) is 11.9. The molecule has 0 amide bonds. The first-order valence-electron chi connectivity index (χ1n) is 12.7. The molecule has 3 heterocycles. The average Bonchev–Trinajstić information content (AvgIpc) is 3.37. The van der Waals surface area contributed by atoms with Gasteiger partial charge in [-0.1, -0.05) is 20.8 Å². The highest BCUT2D eigenvalue weighted by atomic mass is 28.4. The third kappa shape index (κ3) is 4.63. The van der Waals surface area contributed by atoms with Crippen LogP contribution < -0.4 is 4.43 Å². The number of hydrogen-bond donors (Lipinski definition) is 1. The van der Waals surface area contributed by atoms with Crippen LogP contribution in [0.25, 0.3) is 22.2 Å². The minimum absolute atomic E-state index is 0.0840. The topological polar surface area (TPSA) is 91.4 Å². The summed E-state index contributed by atoms with van der Waals surface area (Å²) in [7, 11) is -2.02. The molecule has 2 fully saturated rings. The number of ether oxygens (including phenoxy) is 1. The van der Waals surface area contributed by atoms with Gasteiger partial charge in [0.25, 0.3) is 0 Å². The highest BCUT2D eigenvalue weighted by Crippen LogP contribution is 2.42. The predicted molar refractivity (Wildman–Crippen MR) is 137 cm³/mol. The highest BCUT2D eigenvalue weighted by Gasteiger charge is 2.40. The lowest BCUT2D eigenvalue weighted by Gasteiger charge is -2.36. The van der Waals surface area contributed by atoms with Crippen molar-refractivity contribution in [2.75, 3.05) is 6.61 Å². The molecule has 0 bridgehead atoms. The molecular weight excluding hydrogens is 460 g/mol. The summed E-state index contributed by atoms with van der Waals surface area (Å²) in [5.74, 6) is 0.149. The number of carbonyl (C=O) groups is 1. The van der Waals surface area contributed by atoms with Gasteiger partial charge in [0.2, 0.25) is 8.32 Å². The Kier molecular flexibility index (Phi) is 6.03. The fourth-order valence-corrected chi connectivity index (χ4v) is 5.56. The van der Waals surface area contributed by atoms with Crippen LogP contribution in [0, 0.1) is 5.92 Å². The van der Waals surface area contributed by atoms with E-state index < -0.39 is 20.3 Å². The Morgan fingerprint density at radius 1 is 1.23 bits per heavy atom. The maximum Gasteiger partial charge on any atom is 0.328 e. The van der Waals surface area contributed by atoms with Gasteiger partial charge in [0, 0.05) is 23.8 Å². The van der Waals surface area contributed by atoms with E-state index in [2.05, 4.69) is 51.1 Å². The molecule has 1 aliphatic carbocycles. The van der Waals surface area contributed by atoms with Crippen molar-refractivity contribution in [1.82, 2.24) is 19.6 Å². The lowest BCUT2D eigenvalue weighted by molar-refractivity contribution is -0.141. The van der Waals surface area contributed by atoms with Gasteiger partial charge in [-0.15, -0.1) is 0 Å². The highest BCUT2D eigenvalue weighted by molar-refractivity contribution is 6.74. The number of aromatic nitrogens is 4. The summed E-state index contributed by atoms with van der Waals surface area (Å²) < 4.78 is 16.2. The number of benzene rings is 1. The lowest BCUT2D eigenvalue weighted by Crippen LogP contribution is -2.43. The van der Waals surface area contributed by atoms with E-state index in [0.29, 0.717) is 0 Å². The first kappa shape index (κ1) is 24.1. The van der Waals surface area contributed by atoms with Gasteiger partial charge in [-0.2, -0.15) is 10.2 Å². The van der Waals surface area contributed by atoms with E-state index in [1.54, 1.807) is 10.9 Å². The minimum Gasteiger partial charge on any atom is -0.543 e. The van der Waals surface area contributed by atoms with E-state index in [9.17, 15) is 9.90 Å². The molecule has 35 heavy (non-hydrogen) atoms. The largest absolute Gasteiger partial charge is 0.543 e. The van der Waals surface area contributed by atoms with Crippen LogP contribution in [0.4, 0.5) is 0 Å². The number of aliphatic carboxylic acids is 1. The Morgan fingerprint density at radius 3 is 2.63 bits per heavy atom. The second-order valence-electron chi connectivity index (χ2n) is 11.5. The van der Waals surface area contributed by atoms with E-state index in [1.165, 1.54) is 0 Å². The molecule has 1 aromatic carbocycles. The zero-order chi connectivity index (χ0) is 25.0. The average molecular weight is 497 g/mol. The molecule has 5 rings (SSSR count). The zero-order valence-electron chi connectivity index (χ0n) is 21.3. The van der Waals surface area contributed by atoms with Gasteiger partial charge in [-0.05, 0) is 74.4 Å². The van der Waals surface area contributed by atoms with Crippen molar-refractivity contribution < 1.29 is 19.1 Å². The summed E-state index contributed by atoms with van der Waals surface area (Å²) >= 11 is 0. The van der Waals surface area contributed by atoms with Crippen molar-refractivity contribution in [3.63, 3.8) is 0 Å². The number of fused-ring (bicyclic) bond motifs is 1. The van der Waals surface area contributed by atoms with Crippen LogP contribution >= 0.6 is 0 Å². The van der Waals surface area contributed by atoms with Crippen LogP contribution in [0.1, 0.15) is 65.1 Å². The van der Waals surface area contributed by atoms with Gasteiger partial charge < -0.3 is 14.3 Å². The summed E-state index contributed by atoms with van der Waals surface area (Å²) in [5.41, 5.74) is 2.57. The first-order chi connectivity index (χ1) is 16.5. The molecule has 1 saturated carbocycles. The van der Waals surface area contributed by atoms with Crippen molar-refractivity contribution in [1.29, 1.82) is 0 Å². The van der Waals surface area contributed by atoms with E-state index in [1.807, 2.05) is 16.9 Å². The predicted octanol–water partition coefficient (Wildman–Crippen LogP) is 6.02. The summed E-state index contributed by atoms with van der Waals surface area (Å²) in [5, 5.41) is 20.3. The Morgan fingerprint density at radius 2 is 2.00 bits per heavy atom. The monoisotopic (exact) mass is 496 g/mol. The standard InChI is InChI=1S/C26H36N4O4Si/c1-26(2,3)35(4,5)34-19-11-12-21-20(14-19)23(28-30(21)22-8-6-7-13-33-22)18-15-27-29(16-18)24(25(31)32)17-9-10-17/h11-12,14-17,22,24H,6-10,13H2,1-5H3,(H,31,32). The molecule has 1 N–H and O–H groups in total. The van der Waals surface area contributed by atoms with Gasteiger partial charge >= 0.3 is 5.97 Å². The number of rotatable bonds is 7. The number of hydrogen-bond acceptors (Lipinski definition) is 5. The van der Waals surface area contributed by atoms with E-state index >= 15 is 0 Å². The Balaban J connectivity index is 1.58. The first-order valence-corrected chi connectivity index (χ1v) is 15.6. The second kappa shape index (κ2) is 8.78. The Bertz CT molecular complexity index is 1230. The fraction of sp³-hybridized carbons (Fsp3) is 0.577. The lowest BCUT2D eigenvalue weighted by atomic mass is 10.1. The van der Waals surface area contributed by atoms with Gasteiger partial charge in [0.1, 0.15) is 11.4 Å². The molecule has 2 atom stereocenters. The summed E-state index contributed by atoms with van der Waals surface area (Å²) in [4.78, 5) is 11.9. The fourth-order valence-electron chi connectivity index (χ4n) is 4.54. The SMILES string of the molecule is CC(C)(C)[Si](C)(C)Oc1ccc2c(c1)c(-c1cnn(C(C(=O)O)C3CC3)c1)nn2C1CCCCO1. The summed E-state index contributed by atoms with van der Waals surface area (Å²) in [6.07, 6.45) is 8.39. The van der Waals surface area contributed by atoms with Crippen molar-refractivity contribution >= 4 is 25.2 Å². The third-order valence-corrected chi connectivity index (χ3v) is 12.1. The van der Waals surface area contributed by atoms with E-state index in [4.69, 9.17) is 14.3 Å². The van der Waals surface area contributed by atoms with Crippen molar-refractivity contribution in [3.05, 3.63) is 30.6 Å². The van der Waals surface area contributed by atoms with Crippen LogP contribution in [0.2, 0.25) is 18.1 Å². The van der Waals surface area contributed by atoms with Gasteiger partial charge in [0.05, 0.1) is 11.7 Å². The summed E-state index contributed by atoms with van der Waals surface area (Å²) in [6, 6.07) is 5.55. The minimum atomic E-state index is -2.02. The zero-order valence-corrected chi connectivity index (χ0v) is 22.3. The maximum atomic E-state index is 11.9. The van der Waals surface area contributed by atoms with E-state index in [0.717, 1.165) is 66.6 Å². The molecule has 0 spiro atoms. The smallest absolute Gasteiger partial charge is 0.328 e. The van der Waals surface area contributed by atoms with Crippen LogP contribution in [0.3, 0.4) is 0 Å². The molecule has 2 aliphatic rings. The quantitative estimate of drug-likeness (QED) is 0.402. The maximum absolute atomic E-state index is 11.9. The molecular formula is C26H36N4O4Si. The van der Waals surface area contributed by atoms with Crippen LogP contribution in [-0.4, -0.2) is 45.6 Å². The molecule has 8 nitrogen and oxygen atoms in total. The molecule has 9 heteroatoms. The Hall–Kier alpha value is -2.65. The number of carboxylic acids is 1. The molecule has 2 unspecified atom stereocenters. The van der Waals surface area contributed by atoms with E-state index in [-0.39, 0.29) is 17.2 Å². The Labute approximate surface area is 207 Å². The molecule has 0 radical (unpaired) electrons. The molecule has 1 saturated heterocycles. The number of nitrogens with zero attached hydrogens (tertiary/aromatic N) is 4. The third-order valence-electron chi connectivity index (χ3n) is 7.77. The van der Waals surface area contributed by atoms with Crippen molar-refractivity contribution in [2.24, 2.45) is 5.92 Å². The molecule has 2 aromatic heterocycles. The second-order valence-corrected chi connectivity index (χ2v) is 16.2. The normalized spacial score (nSPS) is 20.2. The van der Waals surface area contributed by atoms with Crippen LogP contribution in [0.15, 0.2) is 30.6 Å². The molecule has 3 aromatic rings. The molecule has 188 valence electrons. The van der Waals surface area contributed by atoms with Gasteiger partial charge in [-0.25, -0.2) is 9.48 Å². The molecule has 1 aliphatic heterocycles. The van der Waals surface area contributed by atoms with Crippen LogP contribution in [0.5, 0.6) is 5.75 Å². The number of carboxylic acid groups (broad SMARTS) is 1. The van der Waals surface area contributed by atoms with Crippen molar-refractivity contribution in [3.8, 4) is 17.0 Å². The van der Waals surface area contributed by atoms with Gasteiger partial charge in [0.15, 0.2) is 12.3 Å².